The van der Waals surface area contributed by atoms with Crippen molar-refractivity contribution in [3.05, 3.63) is 30.1 Å². The molecule has 0 atom stereocenters. The first kappa shape index (κ1) is 11.4. The summed E-state index contributed by atoms with van der Waals surface area (Å²) >= 11 is 0. The lowest BCUT2D eigenvalue weighted by Crippen LogP contribution is -2.07. The average molecular weight is 243 g/mol. The molecule has 2 rings (SSSR count). The molecule has 0 aliphatic carbocycles. The van der Waals surface area contributed by atoms with Crippen LogP contribution in [0.1, 0.15) is 5.82 Å². The third-order valence-electron chi connectivity index (χ3n) is 2.08. The Morgan fingerprint density at radius 2 is 2.06 bits per heavy atom. The van der Waals surface area contributed by atoms with Crippen molar-refractivity contribution in [1.29, 1.82) is 0 Å². The molecule has 17 heavy (non-hydrogen) atoms. The topological polar surface area (TPSA) is 50.8 Å². The largest absolute Gasteiger partial charge is 0.497 e. The number of nitrogens with one attached hydrogen (secondary N) is 1. The number of nitrogens with zero attached hydrogens (tertiary/aromatic N) is 2. The van der Waals surface area contributed by atoms with Gasteiger partial charge in [0, 0.05) is 5.56 Å². The third-order valence-corrected chi connectivity index (χ3v) is 2.08. The Hall–Kier alpha value is -2.05. The van der Waals surface area contributed by atoms with Gasteiger partial charge in [-0.25, -0.2) is 4.98 Å². The van der Waals surface area contributed by atoms with E-state index < -0.39 is 12.0 Å². The lowest BCUT2D eigenvalue weighted by molar-refractivity contribution is -0.144. The molecule has 0 unspecified atom stereocenters. The molecule has 0 fully saturated rings. The molecule has 1 heterocycles. The monoisotopic (exact) mass is 243 g/mol. The number of benzene rings is 1. The van der Waals surface area contributed by atoms with Crippen LogP contribution in [0.4, 0.5) is 13.2 Å². The number of aromatic nitrogens is 3. The Balaban J connectivity index is 2.37. The van der Waals surface area contributed by atoms with Crippen molar-refractivity contribution in [1.82, 2.24) is 15.2 Å². The van der Waals surface area contributed by atoms with Gasteiger partial charge in [-0.15, -0.1) is 0 Å². The molecule has 0 saturated carbocycles. The smallest absolute Gasteiger partial charge is 0.451 e. The van der Waals surface area contributed by atoms with Crippen LogP contribution < -0.4 is 4.74 Å². The normalized spacial score (nSPS) is 11.5. The van der Waals surface area contributed by atoms with Gasteiger partial charge in [-0.2, -0.15) is 18.3 Å². The number of halogens is 3. The molecule has 7 heteroatoms. The van der Waals surface area contributed by atoms with Crippen molar-refractivity contribution in [3.63, 3.8) is 0 Å². The lowest BCUT2D eigenvalue weighted by Gasteiger charge is -2.01. The molecule has 0 amide bonds. The van der Waals surface area contributed by atoms with Gasteiger partial charge < -0.3 is 4.74 Å². The molecule has 90 valence electrons. The number of aromatic amines is 1. The van der Waals surface area contributed by atoms with Gasteiger partial charge in [0.1, 0.15) is 5.75 Å². The molecule has 0 spiro atoms. The Morgan fingerprint density at radius 1 is 1.29 bits per heavy atom. The lowest BCUT2D eigenvalue weighted by atomic mass is 10.2. The Labute approximate surface area is 94.4 Å². The first-order valence-electron chi connectivity index (χ1n) is 4.65. The number of ether oxygens (including phenoxy) is 1. The van der Waals surface area contributed by atoms with E-state index in [9.17, 15) is 13.2 Å². The first-order chi connectivity index (χ1) is 8.00. The molecular weight excluding hydrogens is 235 g/mol. The van der Waals surface area contributed by atoms with E-state index in [1.165, 1.54) is 7.11 Å². The van der Waals surface area contributed by atoms with E-state index in [-0.39, 0.29) is 5.82 Å². The van der Waals surface area contributed by atoms with E-state index >= 15 is 0 Å². The summed E-state index contributed by atoms with van der Waals surface area (Å²) in [4.78, 5) is 3.38. The van der Waals surface area contributed by atoms with Crippen molar-refractivity contribution in [2.45, 2.75) is 6.18 Å². The van der Waals surface area contributed by atoms with E-state index in [2.05, 4.69) is 10.1 Å². The zero-order valence-electron chi connectivity index (χ0n) is 8.75. The second kappa shape index (κ2) is 4.08. The minimum Gasteiger partial charge on any atom is -0.497 e. The fourth-order valence-corrected chi connectivity index (χ4v) is 1.28. The number of alkyl halides is 3. The molecule has 4 nitrogen and oxygen atoms in total. The van der Waals surface area contributed by atoms with Crippen LogP contribution in [-0.4, -0.2) is 22.3 Å². The van der Waals surface area contributed by atoms with Crippen LogP contribution in [-0.2, 0) is 6.18 Å². The van der Waals surface area contributed by atoms with E-state index in [1.807, 2.05) is 5.10 Å². The fraction of sp³-hybridized carbons (Fsp3) is 0.200. The van der Waals surface area contributed by atoms with Crippen LogP contribution >= 0.6 is 0 Å². The highest BCUT2D eigenvalue weighted by molar-refractivity contribution is 5.57. The van der Waals surface area contributed by atoms with Crippen molar-refractivity contribution >= 4 is 0 Å². The van der Waals surface area contributed by atoms with E-state index in [1.54, 1.807) is 24.3 Å². The molecule has 0 saturated heterocycles. The molecule has 1 N–H and O–H groups in total. The van der Waals surface area contributed by atoms with Gasteiger partial charge in [0.25, 0.3) is 0 Å². The van der Waals surface area contributed by atoms with E-state index in [0.29, 0.717) is 11.3 Å². The molecule has 2 aromatic rings. The minimum absolute atomic E-state index is 0.0174. The van der Waals surface area contributed by atoms with Gasteiger partial charge in [0.05, 0.1) is 7.11 Å². The summed E-state index contributed by atoms with van der Waals surface area (Å²) in [5.41, 5.74) is 0.455. The summed E-state index contributed by atoms with van der Waals surface area (Å²) in [5, 5.41) is 5.37. The summed E-state index contributed by atoms with van der Waals surface area (Å²) in [6.07, 6.45) is -4.52. The quantitative estimate of drug-likeness (QED) is 0.881. The standard InChI is InChI=1S/C10H8F3N3O/c1-17-7-4-2-3-6(5-7)8-14-9(16-15-8)10(11,12)13/h2-5H,1H3,(H,14,15,16). The predicted molar refractivity (Wildman–Crippen MR) is 53.4 cm³/mol. The molecular formula is C10H8F3N3O. The van der Waals surface area contributed by atoms with E-state index in [0.717, 1.165) is 0 Å². The van der Waals surface area contributed by atoms with Crippen LogP contribution in [0, 0.1) is 0 Å². The molecule has 1 aromatic carbocycles. The highest BCUT2D eigenvalue weighted by Gasteiger charge is 2.35. The third kappa shape index (κ3) is 2.38. The molecule has 0 aliphatic rings. The van der Waals surface area contributed by atoms with Gasteiger partial charge >= 0.3 is 6.18 Å². The van der Waals surface area contributed by atoms with Gasteiger partial charge in [0.2, 0.25) is 5.82 Å². The van der Waals surface area contributed by atoms with Crippen molar-refractivity contribution in [2.75, 3.05) is 7.11 Å². The first-order valence-corrected chi connectivity index (χ1v) is 4.65. The predicted octanol–water partition coefficient (Wildman–Crippen LogP) is 2.50. The molecule has 0 radical (unpaired) electrons. The maximum absolute atomic E-state index is 12.3. The van der Waals surface area contributed by atoms with Crippen molar-refractivity contribution < 1.29 is 17.9 Å². The number of H-pyrrole nitrogens is 1. The fourth-order valence-electron chi connectivity index (χ4n) is 1.28. The maximum atomic E-state index is 12.3. The number of methoxy groups -OCH3 is 1. The Kier molecular flexibility index (Phi) is 2.74. The Morgan fingerprint density at radius 3 is 2.65 bits per heavy atom. The summed E-state index contributed by atoms with van der Waals surface area (Å²) in [6.45, 7) is 0. The van der Waals surface area contributed by atoms with Gasteiger partial charge in [-0.1, -0.05) is 12.1 Å². The molecule has 0 aliphatic heterocycles. The van der Waals surface area contributed by atoms with Crippen LogP contribution in [0.15, 0.2) is 24.3 Å². The molecule has 0 bridgehead atoms. The van der Waals surface area contributed by atoms with Gasteiger partial charge in [-0.3, -0.25) is 5.10 Å². The Bertz CT molecular complexity index is 522. The van der Waals surface area contributed by atoms with Gasteiger partial charge in [-0.05, 0) is 12.1 Å². The van der Waals surface area contributed by atoms with Crippen LogP contribution in [0.3, 0.4) is 0 Å². The SMILES string of the molecule is COc1cccc(-c2n[nH]c(C(F)(F)F)n2)c1. The summed E-state index contributed by atoms with van der Waals surface area (Å²) < 4.78 is 41.9. The van der Waals surface area contributed by atoms with Crippen LogP contribution in [0.25, 0.3) is 11.4 Å². The second-order valence-corrected chi connectivity index (χ2v) is 3.24. The highest BCUT2D eigenvalue weighted by Crippen LogP contribution is 2.28. The van der Waals surface area contributed by atoms with Crippen LogP contribution in [0.5, 0.6) is 5.75 Å². The van der Waals surface area contributed by atoms with E-state index in [4.69, 9.17) is 4.74 Å². The molecule has 1 aromatic heterocycles. The highest BCUT2D eigenvalue weighted by atomic mass is 19.4. The number of hydrogen-bond acceptors (Lipinski definition) is 3. The minimum atomic E-state index is -4.52. The second-order valence-electron chi connectivity index (χ2n) is 3.24. The summed E-state index contributed by atoms with van der Waals surface area (Å²) in [6, 6.07) is 6.49. The zero-order valence-corrected chi connectivity index (χ0v) is 8.75. The van der Waals surface area contributed by atoms with Crippen molar-refractivity contribution in [2.24, 2.45) is 0 Å². The van der Waals surface area contributed by atoms with Gasteiger partial charge in [0.15, 0.2) is 5.82 Å². The summed E-state index contributed by atoms with van der Waals surface area (Å²) in [5.74, 6) is -0.604. The average Bonchev–Trinajstić information content (AvgIpc) is 2.78. The summed E-state index contributed by atoms with van der Waals surface area (Å²) in [7, 11) is 1.47. The van der Waals surface area contributed by atoms with Crippen molar-refractivity contribution in [3.8, 4) is 17.1 Å². The number of rotatable bonds is 2. The number of hydrogen-bond donors (Lipinski definition) is 1. The maximum Gasteiger partial charge on any atom is 0.451 e. The zero-order chi connectivity index (χ0) is 12.5. The van der Waals surface area contributed by atoms with Crippen LogP contribution in [0.2, 0.25) is 0 Å².